The quantitative estimate of drug-likeness (QED) is 0.594. The van der Waals surface area contributed by atoms with Gasteiger partial charge in [0.25, 0.3) is 0 Å². The van der Waals surface area contributed by atoms with E-state index in [1.54, 1.807) is 6.07 Å². The van der Waals surface area contributed by atoms with Gasteiger partial charge in [-0.3, -0.25) is 0 Å². The minimum Gasteiger partial charge on any atom is -0.205 e. The second-order valence-corrected chi connectivity index (χ2v) is 3.38. The minimum absolute atomic E-state index is 0.181. The molecule has 0 saturated heterocycles. The lowest BCUT2D eigenvalue weighted by Crippen LogP contribution is -2.06. The number of aryl methyl sites for hydroxylation is 1. The highest BCUT2D eigenvalue weighted by atomic mass is 19.1. The van der Waals surface area contributed by atoms with Crippen LogP contribution in [0.3, 0.4) is 0 Å². The summed E-state index contributed by atoms with van der Waals surface area (Å²) in [5, 5.41) is 8.63. The maximum atomic E-state index is 13.5. The first kappa shape index (κ1) is 8.25. The van der Waals surface area contributed by atoms with Crippen LogP contribution in [0.25, 0.3) is 0 Å². The largest absolute Gasteiger partial charge is 0.205 e. The van der Waals surface area contributed by atoms with Gasteiger partial charge in [-0.25, -0.2) is 4.39 Å². The second kappa shape index (κ2) is 3.18. The van der Waals surface area contributed by atoms with Crippen molar-refractivity contribution >= 4 is 0 Å². The molecule has 1 aliphatic carbocycles. The van der Waals surface area contributed by atoms with Crippen molar-refractivity contribution in [2.75, 3.05) is 0 Å². The molecule has 13 heavy (non-hydrogen) atoms. The van der Waals surface area contributed by atoms with Crippen LogP contribution >= 0.6 is 0 Å². The Morgan fingerprint density at radius 2 is 2.00 bits per heavy atom. The van der Waals surface area contributed by atoms with Crippen LogP contribution in [-0.2, 0) is 12.8 Å². The summed E-state index contributed by atoms with van der Waals surface area (Å²) in [6.45, 7) is 0. The molecule has 0 radical (unpaired) electrons. The van der Waals surface area contributed by atoms with Gasteiger partial charge >= 0.3 is 0 Å². The predicted octanol–water partition coefficient (Wildman–Crippen LogP) is 2.58. The Balaban J connectivity index is 2.56. The molecule has 0 saturated carbocycles. The van der Waals surface area contributed by atoms with Gasteiger partial charge in [0.05, 0.1) is 5.56 Å². The zero-order chi connectivity index (χ0) is 9.26. The van der Waals surface area contributed by atoms with Crippen LogP contribution in [0.15, 0.2) is 12.1 Å². The molecule has 0 fully saturated rings. The normalized spacial score (nSPS) is 14.8. The summed E-state index contributed by atoms with van der Waals surface area (Å²) >= 11 is 0. The molecule has 2 heteroatoms. The van der Waals surface area contributed by atoms with Gasteiger partial charge in [0.2, 0.25) is 0 Å². The van der Waals surface area contributed by atoms with E-state index in [4.69, 9.17) is 5.26 Å². The van der Waals surface area contributed by atoms with Gasteiger partial charge in [0, 0.05) is 0 Å². The van der Waals surface area contributed by atoms with Crippen LogP contribution in [0.5, 0.6) is 0 Å². The van der Waals surface area contributed by atoms with Gasteiger partial charge in [0.1, 0.15) is 11.9 Å². The first-order valence-corrected chi connectivity index (χ1v) is 4.53. The first-order valence-electron chi connectivity index (χ1n) is 4.53. The van der Waals surface area contributed by atoms with Gasteiger partial charge in [-0.1, -0.05) is 6.07 Å². The molecule has 66 valence electrons. The van der Waals surface area contributed by atoms with Crippen molar-refractivity contribution in [1.82, 2.24) is 0 Å². The lowest BCUT2D eigenvalue weighted by atomic mass is 9.90. The van der Waals surface area contributed by atoms with E-state index in [-0.39, 0.29) is 11.4 Å². The molecule has 1 nitrogen and oxygen atoms in total. The van der Waals surface area contributed by atoms with E-state index in [9.17, 15) is 4.39 Å². The standard InChI is InChI=1S/C11H10FN/c12-11-9(7-13)6-5-8-3-1-2-4-10(8)11/h5-6H,1-4H2. The molecule has 0 N–H and O–H groups in total. The van der Waals surface area contributed by atoms with E-state index in [0.717, 1.165) is 36.8 Å². The van der Waals surface area contributed by atoms with E-state index in [0.29, 0.717) is 0 Å². The van der Waals surface area contributed by atoms with E-state index < -0.39 is 0 Å². The van der Waals surface area contributed by atoms with Gasteiger partial charge in [-0.15, -0.1) is 0 Å². The lowest BCUT2D eigenvalue weighted by Gasteiger charge is -2.16. The average molecular weight is 175 g/mol. The molecule has 0 amide bonds. The van der Waals surface area contributed by atoms with Crippen molar-refractivity contribution in [3.8, 4) is 6.07 Å². The molecule has 1 aromatic carbocycles. The monoisotopic (exact) mass is 175 g/mol. The Kier molecular flexibility index (Phi) is 2.02. The molecule has 0 spiro atoms. The number of benzene rings is 1. The second-order valence-electron chi connectivity index (χ2n) is 3.38. The van der Waals surface area contributed by atoms with E-state index in [1.807, 2.05) is 12.1 Å². The third kappa shape index (κ3) is 1.31. The van der Waals surface area contributed by atoms with E-state index >= 15 is 0 Å². The zero-order valence-electron chi connectivity index (χ0n) is 7.31. The lowest BCUT2D eigenvalue weighted by molar-refractivity contribution is 0.576. The summed E-state index contributed by atoms with van der Waals surface area (Å²) in [4.78, 5) is 0. The van der Waals surface area contributed by atoms with Gasteiger partial charge < -0.3 is 0 Å². The van der Waals surface area contributed by atoms with Gasteiger partial charge in [-0.05, 0) is 42.9 Å². The fraction of sp³-hybridized carbons (Fsp3) is 0.364. The smallest absolute Gasteiger partial charge is 0.144 e. The van der Waals surface area contributed by atoms with Crippen LogP contribution in [0.4, 0.5) is 4.39 Å². The summed E-state index contributed by atoms with van der Waals surface area (Å²) in [6, 6.07) is 5.34. The Morgan fingerprint density at radius 3 is 2.77 bits per heavy atom. The number of nitrogens with zero attached hydrogens (tertiary/aromatic N) is 1. The molecule has 1 aromatic rings. The van der Waals surface area contributed by atoms with Crippen molar-refractivity contribution in [3.63, 3.8) is 0 Å². The van der Waals surface area contributed by atoms with Crippen molar-refractivity contribution in [3.05, 3.63) is 34.6 Å². The topological polar surface area (TPSA) is 23.8 Å². The van der Waals surface area contributed by atoms with E-state index in [1.165, 1.54) is 0 Å². The van der Waals surface area contributed by atoms with Gasteiger partial charge in [0.15, 0.2) is 0 Å². The van der Waals surface area contributed by atoms with Crippen LogP contribution < -0.4 is 0 Å². The summed E-state index contributed by atoms with van der Waals surface area (Å²) in [6.07, 6.45) is 3.92. The molecule has 2 rings (SSSR count). The number of hydrogen-bond acceptors (Lipinski definition) is 1. The molecular weight excluding hydrogens is 165 g/mol. The Labute approximate surface area is 76.8 Å². The van der Waals surface area contributed by atoms with Crippen molar-refractivity contribution in [2.45, 2.75) is 25.7 Å². The number of halogens is 1. The number of hydrogen-bond donors (Lipinski definition) is 0. The highest BCUT2D eigenvalue weighted by Crippen LogP contribution is 2.25. The maximum absolute atomic E-state index is 13.5. The third-order valence-electron chi connectivity index (χ3n) is 2.58. The van der Waals surface area contributed by atoms with Crippen LogP contribution in [0, 0.1) is 17.1 Å². The summed E-state index contributed by atoms with van der Waals surface area (Å²) < 4.78 is 13.5. The van der Waals surface area contributed by atoms with Crippen molar-refractivity contribution < 1.29 is 4.39 Å². The SMILES string of the molecule is N#Cc1ccc2c(c1F)CCCC2. The summed E-state index contributed by atoms with van der Waals surface area (Å²) in [7, 11) is 0. The molecule has 0 aromatic heterocycles. The fourth-order valence-corrected chi connectivity index (χ4v) is 1.87. The molecule has 0 atom stereocenters. The summed E-state index contributed by atoms with van der Waals surface area (Å²) in [5.41, 5.74) is 2.04. The van der Waals surface area contributed by atoms with E-state index in [2.05, 4.69) is 0 Å². The Morgan fingerprint density at radius 1 is 1.23 bits per heavy atom. The highest BCUT2D eigenvalue weighted by Gasteiger charge is 2.15. The molecule has 0 aliphatic heterocycles. The molecular formula is C11H10FN. The molecule has 0 unspecified atom stereocenters. The van der Waals surface area contributed by atoms with Crippen LogP contribution in [-0.4, -0.2) is 0 Å². The van der Waals surface area contributed by atoms with Gasteiger partial charge in [-0.2, -0.15) is 5.26 Å². The number of nitriles is 1. The molecule has 0 heterocycles. The Hall–Kier alpha value is -1.36. The first-order chi connectivity index (χ1) is 6.33. The van der Waals surface area contributed by atoms with Crippen LogP contribution in [0.2, 0.25) is 0 Å². The number of fused-ring (bicyclic) bond motifs is 1. The van der Waals surface area contributed by atoms with Crippen molar-refractivity contribution in [1.29, 1.82) is 5.26 Å². The Bertz CT molecular complexity index is 376. The molecule has 1 aliphatic rings. The fourth-order valence-electron chi connectivity index (χ4n) is 1.87. The predicted molar refractivity (Wildman–Crippen MR) is 47.8 cm³/mol. The molecule has 0 bridgehead atoms. The number of rotatable bonds is 0. The van der Waals surface area contributed by atoms with Crippen molar-refractivity contribution in [2.24, 2.45) is 0 Å². The third-order valence-corrected chi connectivity index (χ3v) is 2.58. The van der Waals surface area contributed by atoms with Crippen LogP contribution in [0.1, 0.15) is 29.5 Å². The zero-order valence-corrected chi connectivity index (χ0v) is 7.31. The average Bonchev–Trinajstić information content (AvgIpc) is 2.19. The highest BCUT2D eigenvalue weighted by molar-refractivity contribution is 5.41. The minimum atomic E-state index is -0.292. The summed E-state index contributed by atoms with van der Waals surface area (Å²) in [5.74, 6) is -0.292. The maximum Gasteiger partial charge on any atom is 0.144 e.